The number of nitrogens with two attached hydrogens (primary N) is 1. The summed E-state index contributed by atoms with van der Waals surface area (Å²) in [4.78, 5) is 1.37. The highest BCUT2D eigenvalue weighted by Gasteiger charge is 2.09. The highest BCUT2D eigenvalue weighted by molar-refractivity contribution is 8.00. The first kappa shape index (κ1) is 13.6. The summed E-state index contributed by atoms with van der Waals surface area (Å²) in [6.45, 7) is 9.74. The Morgan fingerprint density at radius 3 is 2.44 bits per heavy atom. The number of thioether (sulfide) groups is 1. The van der Waals surface area contributed by atoms with Crippen molar-refractivity contribution in [3.05, 3.63) is 29.3 Å². The van der Waals surface area contributed by atoms with E-state index < -0.39 is 0 Å². The highest BCUT2D eigenvalue weighted by Crippen LogP contribution is 2.29. The summed E-state index contributed by atoms with van der Waals surface area (Å²) in [7, 11) is 0. The van der Waals surface area contributed by atoms with E-state index in [9.17, 15) is 0 Å². The van der Waals surface area contributed by atoms with E-state index in [2.05, 4.69) is 45.9 Å². The van der Waals surface area contributed by atoms with Crippen LogP contribution >= 0.6 is 11.8 Å². The smallest absolute Gasteiger partial charge is 0.00890 e. The molecule has 0 heterocycles. The molecule has 0 bridgehead atoms. The normalized spacial score (nSPS) is 13.1. The summed E-state index contributed by atoms with van der Waals surface area (Å²) >= 11 is 1.96. The lowest BCUT2D eigenvalue weighted by atomic mass is 10.1. The van der Waals surface area contributed by atoms with Crippen molar-refractivity contribution >= 4 is 11.8 Å². The molecule has 90 valence electrons. The largest absolute Gasteiger partial charge is 0.330 e. The van der Waals surface area contributed by atoms with Gasteiger partial charge in [-0.2, -0.15) is 0 Å². The topological polar surface area (TPSA) is 26.0 Å². The van der Waals surface area contributed by atoms with E-state index >= 15 is 0 Å². The van der Waals surface area contributed by atoms with Gasteiger partial charge in [0.2, 0.25) is 0 Å². The van der Waals surface area contributed by atoms with Crippen molar-refractivity contribution in [2.45, 2.75) is 44.3 Å². The van der Waals surface area contributed by atoms with E-state index in [0.29, 0.717) is 11.2 Å². The van der Waals surface area contributed by atoms with Crippen LogP contribution in [0.25, 0.3) is 0 Å². The van der Waals surface area contributed by atoms with Crippen LogP contribution in [0.15, 0.2) is 23.1 Å². The molecule has 0 aromatic heterocycles. The second-order valence-corrected chi connectivity index (χ2v) is 6.14. The molecule has 1 rings (SSSR count). The fourth-order valence-electron chi connectivity index (χ4n) is 1.53. The second kappa shape index (κ2) is 6.31. The van der Waals surface area contributed by atoms with Gasteiger partial charge < -0.3 is 5.73 Å². The maximum Gasteiger partial charge on any atom is 0.00890 e. The first-order valence-corrected chi connectivity index (χ1v) is 6.88. The molecule has 0 aliphatic carbocycles. The molecule has 0 radical (unpaired) electrons. The molecule has 0 fully saturated rings. The highest BCUT2D eigenvalue weighted by atomic mass is 32.2. The van der Waals surface area contributed by atoms with E-state index in [0.717, 1.165) is 13.0 Å². The summed E-state index contributed by atoms with van der Waals surface area (Å²) < 4.78 is 0. The van der Waals surface area contributed by atoms with Gasteiger partial charge in [-0.15, -0.1) is 11.8 Å². The van der Waals surface area contributed by atoms with Gasteiger partial charge in [-0.3, -0.25) is 0 Å². The molecule has 0 amide bonds. The van der Waals surface area contributed by atoms with Crippen LogP contribution in [0.4, 0.5) is 0 Å². The van der Waals surface area contributed by atoms with Gasteiger partial charge in [-0.05, 0) is 49.1 Å². The van der Waals surface area contributed by atoms with Gasteiger partial charge in [0, 0.05) is 10.1 Å². The molecule has 1 aromatic carbocycles. The molecule has 1 atom stereocenters. The van der Waals surface area contributed by atoms with Crippen molar-refractivity contribution in [3.63, 3.8) is 0 Å². The average Bonchev–Trinajstić information content (AvgIpc) is 2.22. The Balaban J connectivity index is 2.73. The van der Waals surface area contributed by atoms with Gasteiger partial charge >= 0.3 is 0 Å². The SMILES string of the molecule is Cc1cc(SC(C)C(C)C)ccc1CCN. The first-order valence-electron chi connectivity index (χ1n) is 6.01. The molecule has 0 saturated heterocycles. The van der Waals surface area contributed by atoms with E-state index in [1.165, 1.54) is 16.0 Å². The van der Waals surface area contributed by atoms with E-state index in [-0.39, 0.29) is 0 Å². The second-order valence-electron chi connectivity index (χ2n) is 4.69. The lowest BCUT2D eigenvalue weighted by Crippen LogP contribution is -2.06. The Labute approximate surface area is 104 Å². The quantitative estimate of drug-likeness (QED) is 0.791. The molecule has 0 aliphatic rings. The molecule has 1 unspecified atom stereocenters. The molecule has 1 aromatic rings. The summed E-state index contributed by atoms with van der Waals surface area (Å²) in [5.74, 6) is 0.717. The van der Waals surface area contributed by atoms with Crippen molar-refractivity contribution in [2.24, 2.45) is 11.7 Å². The minimum absolute atomic E-state index is 0.666. The van der Waals surface area contributed by atoms with Gasteiger partial charge in [-0.25, -0.2) is 0 Å². The third-order valence-corrected chi connectivity index (χ3v) is 4.43. The van der Waals surface area contributed by atoms with Gasteiger partial charge in [0.25, 0.3) is 0 Å². The van der Waals surface area contributed by atoms with E-state index in [1.807, 2.05) is 11.8 Å². The summed E-state index contributed by atoms with van der Waals surface area (Å²) in [6.07, 6.45) is 0.983. The zero-order valence-electron chi connectivity index (χ0n) is 10.8. The van der Waals surface area contributed by atoms with Crippen molar-refractivity contribution in [1.82, 2.24) is 0 Å². The predicted molar refractivity (Wildman–Crippen MR) is 74.1 cm³/mol. The van der Waals surface area contributed by atoms with Crippen LogP contribution in [0.3, 0.4) is 0 Å². The van der Waals surface area contributed by atoms with Crippen molar-refractivity contribution in [2.75, 3.05) is 6.54 Å². The minimum atomic E-state index is 0.666. The molecule has 2 N–H and O–H groups in total. The maximum absolute atomic E-state index is 5.58. The van der Waals surface area contributed by atoms with Crippen LogP contribution < -0.4 is 5.73 Å². The van der Waals surface area contributed by atoms with E-state index in [4.69, 9.17) is 5.73 Å². The van der Waals surface area contributed by atoms with Crippen LogP contribution in [-0.2, 0) is 6.42 Å². The van der Waals surface area contributed by atoms with Crippen LogP contribution in [0.5, 0.6) is 0 Å². The summed E-state index contributed by atoms with van der Waals surface area (Å²) in [6, 6.07) is 6.73. The Kier molecular flexibility index (Phi) is 5.36. The van der Waals surface area contributed by atoms with E-state index in [1.54, 1.807) is 0 Å². The first-order chi connectivity index (χ1) is 7.54. The summed E-state index contributed by atoms with van der Waals surface area (Å²) in [5.41, 5.74) is 8.33. The number of rotatable bonds is 5. The Morgan fingerprint density at radius 1 is 1.25 bits per heavy atom. The predicted octanol–water partition coefficient (Wildman–Crippen LogP) is 3.63. The molecular weight excluding hydrogens is 214 g/mol. The number of benzene rings is 1. The fraction of sp³-hybridized carbons (Fsp3) is 0.571. The summed E-state index contributed by atoms with van der Waals surface area (Å²) in [5, 5.41) is 0.666. The Hall–Kier alpha value is -0.470. The Bertz CT molecular complexity index is 334. The third-order valence-electron chi connectivity index (χ3n) is 2.99. The molecule has 0 spiro atoms. The molecular formula is C14H23NS. The van der Waals surface area contributed by atoms with Crippen molar-refractivity contribution < 1.29 is 0 Å². The lowest BCUT2D eigenvalue weighted by Gasteiger charge is -2.16. The lowest BCUT2D eigenvalue weighted by molar-refractivity contribution is 0.642. The third kappa shape index (κ3) is 3.84. The van der Waals surface area contributed by atoms with Gasteiger partial charge in [0.1, 0.15) is 0 Å². The average molecular weight is 237 g/mol. The molecule has 16 heavy (non-hydrogen) atoms. The maximum atomic E-state index is 5.58. The monoisotopic (exact) mass is 237 g/mol. The molecule has 0 saturated carbocycles. The molecule has 1 nitrogen and oxygen atoms in total. The van der Waals surface area contributed by atoms with Crippen LogP contribution in [0, 0.1) is 12.8 Å². The van der Waals surface area contributed by atoms with Crippen LogP contribution in [0.2, 0.25) is 0 Å². The van der Waals surface area contributed by atoms with Gasteiger partial charge in [-0.1, -0.05) is 26.8 Å². The Morgan fingerprint density at radius 2 is 1.94 bits per heavy atom. The number of hydrogen-bond donors (Lipinski definition) is 1. The number of hydrogen-bond acceptors (Lipinski definition) is 2. The van der Waals surface area contributed by atoms with Gasteiger partial charge in [0.05, 0.1) is 0 Å². The fourth-order valence-corrected chi connectivity index (χ4v) is 2.62. The zero-order valence-corrected chi connectivity index (χ0v) is 11.6. The van der Waals surface area contributed by atoms with Gasteiger partial charge in [0.15, 0.2) is 0 Å². The zero-order chi connectivity index (χ0) is 12.1. The molecule has 0 aliphatic heterocycles. The van der Waals surface area contributed by atoms with Crippen LogP contribution in [0.1, 0.15) is 31.9 Å². The standard InChI is InChI=1S/C14H23NS/c1-10(2)12(4)16-14-6-5-13(7-8-15)11(3)9-14/h5-6,9-10,12H,7-8,15H2,1-4H3. The minimum Gasteiger partial charge on any atom is -0.330 e. The van der Waals surface area contributed by atoms with Crippen molar-refractivity contribution in [3.8, 4) is 0 Å². The van der Waals surface area contributed by atoms with Crippen molar-refractivity contribution in [1.29, 1.82) is 0 Å². The molecule has 2 heteroatoms. The number of aryl methyl sites for hydroxylation is 1. The van der Waals surface area contributed by atoms with Crippen LogP contribution in [-0.4, -0.2) is 11.8 Å².